The molecule has 0 bridgehead atoms. The van der Waals surface area contributed by atoms with Crippen LogP contribution in [0, 0.1) is 17.8 Å². The third-order valence-corrected chi connectivity index (χ3v) is 4.57. The van der Waals surface area contributed by atoms with Crippen LogP contribution in [0.4, 0.5) is 0 Å². The van der Waals surface area contributed by atoms with E-state index in [0.717, 1.165) is 5.57 Å². The second kappa shape index (κ2) is 8.09. The number of aliphatic hydroxyl groups is 2. The van der Waals surface area contributed by atoms with E-state index in [4.69, 9.17) is 0 Å². The number of rotatable bonds is 8. The maximum atomic E-state index is 12.8. The summed E-state index contributed by atoms with van der Waals surface area (Å²) in [5.74, 6) is -3.99. The van der Waals surface area contributed by atoms with Crippen LogP contribution in [0.15, 0.2) is 23.0 Å². The van der Waals surface area contributed by atoms with Gasteiger partial charge in [-0.25, -0.2) is 0 Å². The highest BCUT2D eigenvalue weighted by Crippen LogP contribution is 2.42. The third-order valence-electron chi connectivity index (χ3n) is 4.57. The molecule has 0 saturated heterocycles. The molecule has 1 rings (SSSR count). The summed E-state index contributed by atoms with van der Waals surface area (Å²) in [5, 5.41) is 21.5. The van der Waals surface area contributed by atoms with Crippen molar-refractivity contribution in [3.63, 3.8) is 0 Å². The van der Waals surface area contributed by atoms with Gasteiger partial charge in [-0.2, -0.15) is 0 Å². The number of ketones is 3. The maximum Gasteiger partial charge on any atom is 0.191 e. The molecule has 0 aliphatic heterocycles. The number of carbonyl (C=O) groups is 3. The van der Waals surface area contributed by atoms with Crippen LogP contribution in [0.5, 0.6) is 0 Å². The van der Waals surface area contributed by atoms with E-state index >= 15 is 0 Å². The van der Waals surface area contributed by atoms with Crippen molar-refractivity contribution in [1.82, 2.24) is 0 Å². The Balaban J connectivity index is 3.37. The smallest absolute Gasteiger partial charge is 0.191 e. The lowest BCUT2D eigenvalue weighted by atomic mass is 9.80. The predicted octanol–water partition coefficient (Wildman–Crippen LogP) is 3.32. The van der Waals surface area contributed by atoms with Crippen molar-refractivity contribution < 1.29 is 24.6 Å². The van der Waals surface area contributed by atoms with E-state index in [9.17, 15) is 24.6 Å². The Kier molecular flexibility index (Phi) is 6.89. The fraction of sp³-hybridized carbons (Fsp3) is 0.650. The van der Waals surface area contributed by atoms with Gasteiger partial charge in [0.05, 0.1) is 5.92 Å². The Labute approximate surface area is 149 Å². The molecule has 1 aliphatic carbocycles. The molecule has 1 unspecified atom stereocenters. The molecule has 0 aromatic rings. The molecular weight excluding hydrogens is 320 g/mol. The fourth-order valence-corrected chi connectivity index (χ4v) is 2.93. The van der Waals surface area contributed by atoms with Gasteiger partial charge in [-0.3, -0.25) is 14.4 Å². The van der Waals surface area contributed by atoms with Gasteiger partial charge in [-0.05, 0) is 32.6 Å². The van der Waals surface area contributed by atoms with E-state index < -0.39 is 46.1 Å². The lowest BCUT2D eigenvalue weighted by Gasteiger charge is -2.28. The van der Waals surface area contributed by atoms with E-state index in [2.05, 4.69) is 0 Å². The summed E-state index contributed by atoms with van der Waals surface area (Å²) in [6.07, 6.45) is 2.41. The highest BCUT2D eigenvalue weighted by Gasteiger charge is 2.58. The van der Waals surface area contributed by atoms with Gasteiger partial charge in [0.1, 0.15) is 11.3 Å². The van der Waals surface area contributed by atoms with Crippen molar-refractivity contribution in [3.8, 4) is 0 Å². The third kappa shape index (κ3) is 4.27. The van der Waals surface area contributed by atoms with E-state index in [1.165, 1.54) is 0 Å². The van der Waals surface area contributed by atoms with Crippen LogP contribution in [0.3, 0.4) is 0 Å². The summed E-state index contributed by atoms with van der Waals surface area (Å²) in [4.78, 5) is 37.8. The summed E-state index contributed by atoms with van der Waals surface area (Å²) in [6, 6.07) is 0. The van der Waals surface area contributed by atoms with Gasteiger partial charge in [0.25, 0.3) is 0 Å². The van der Waals surface area contributed by atoms with Crippen LogP contribution < -0.4 is 0 Å². The molecule has 5 nitrogen and oxygen atoms in total. The highest BCUT2D eigenvalue weighted by molar-refractivity contribution is 6.26. The van der Waals surface area contributed by atoms with E-state index in [0.29, 0.717) is 6.42 Å². The SMILES string of the molecule is CC(C)=CCC1C(=O)C(C(=O)C(C)C)=C(O)[C@@]1(O)C(=O)CCC(C)C. The van der Waals surface area contributed by atoms with Crippen molar-refractivity contribution in [1.29, 1.82) is 0 Å². The maximum absolute atomic E-state index is 12.8. The highest BCUT2D eigenvalue weighted by atomic mass is 16.3. The monoisotopic (exact) mass is 350 g/mol. The summed E-state index contributed by atoms with van der Waals surface area (Å²) >= 11 is 0. The minimum absolute atomic E-state index is 0.0416. The molecule has 0 amide bonds. The molecule has 5 heteroatoms. The number of hydrogen-bond donors (Lipinski definition) is 2. The Morgan fingerprint density at radius 3 is 2.20 bits per heavy atom. The van der Waals surface area contributed by atoms with Crippen LogP contribution in [0.25, 0.3) is 0 Å². The fourth-order valence-electron chi connectivity index (χ4n) is 2.93. The Morgan fingerprint density at radius 2 is 1.76 bits per heavy atom. The van der Waals surface area contributed by atoms with Crippen molar-refractivity contribution in [2.24, 2.45) is 17.8 Å². The average Bonchev–Trinajstić information content (AvgIpc) is 2.69. The summed E-state index contributed by atoms with van der Waals surface area (Å²) in [5.41, 5.74) is -1.80. The van der Waals surface area contributed by atoms with Crippen LogP contribution in [0.1, 0.15) is 60.8 Å². The molecular formula is C20H30O5. The summed E-state index contributed by atoms with van der Waals surface area (Å²) in [7, 11) is 0. The molecule has 0 fully saturated rings. The molecule has 2 atom stereocenters. The first-order valence-corrected chi connectivity index (χ1v) is 8.85. The van der Waals surface area contributed by atoms with Crippen molar-refractivity contribution in [3.05, 3.63) is 23.0 Å². The molecule has 1 aliphatic rings. The van der Waals surface area contributed by atoms with Crippen molar-refractivity contribution in [2.45, 2.75) is 66.4 Å². The minimum atomic E-state index is -2.31. The van der Waals surface area contributed by atoms with E-state index in [1.807, 2.05) is 27.7 Å². The zero-order valence-corrected chi connectivity index (χ0v) is 16.0. The average molecular weight is 350 g/mol. The molecule has 0 saturated carbocycles. The van der Waals surface area contributed by atoms with Gasteiger partial charge < -0.3 is 10.2 Å². The minimum Gasteiger partial charge on any atom is -0.508 e. The Hall–Kier alpha value is -1.75. The van der Waals surface area contributed by atoms with Gasteiger partial charge >= 0.3 is 0 Å². The van der Waals surface area contributed by atoms with Crippen LogP contribution >= 0.6 is 0 Å². The number of Topliss-reactive ketones (excluding diaryl/α,β-unsaturated/α-hetero) is 3. The summed E-state index contributed by atoms with van der Waals surface area (Å²) < 4.78 is 0. The molecule has 0 aromatic heterocycles. The quantitative estimate of drug-likeness (QED) is 0.517. The standard InChI is InChI=1S/C20H30O5/c1-11(2)7-9-14-18(23)16(17(22)13(5)6)19(24)20(14,25)15(21)10-8-12(3)4/h7,12-14,24-25H,8-10H2,1-6H3/t14?,20-/m0/s1. The van der Waals surface area contributed by atoms with Gasteiger partial charge in [0.15, 0.2) is 23.0 Å². The first-order chi connectivity index (χ1) is 11.4. The number of aliphatic hydroxyl groups excluding tert-OH is 1. The van der Waals surface area contributed by atoms with Crippen LogP contribution in [-0.4, -0.2) is 33.2 Å². The van der Waals surface area contributed by atoms with Crippen molar-refractivity contribution >= 4 is 17.3 Å². The van der Waals surface area contributed by atoms with Gasteiger partial charge in [-0.15, -0.1) is 0 Å². The topological polar surface area (TPSA) is 91.7 Å². The lowest BCUT2D eigenvalue weighted by molar-refractivity contribution is -0.145. The van der Waals surface area contributed by atoms with Crippen molar-refractivity contribution in [2.75, 3.05) is 0 Å². The molecule has 0 radical (unpaired) electrons. The Morgan fingerprint density at radius 1 is 1.20 bits per heavy atom. The predicted molar refractivity (Wildman–Crippen MR) is 96.1 cm³/mol. The number of carbonyl (C=O) groups excluding carboxylic acids is 3. The van der Waals surface area contributed by atoms with Crippen LogP contribution in [-0.2, 0) is 14.4 Å². The van der Waals surface area contributed by atoms with Gasteiger partial charge in [0.2, 0.25) is 0 Å². The molecule has 0 heterocycles. The largest absolute Gasteiger partial charge is 0.508 e. The molecule has 0 aromatic carbocycles. The normalized spacial score (nSPS) is 23.6. The summed E-state index contributed by atoms with van der Waals surface area (Å²) in [6.45, 7) is 10.8. The van der Waals surface area contributed by atoms with E-state index in [-0.39, 0.29) is 18.8 Å². The zero-order valence-electron chi connectivity index (χ0n) is 16.0. The Bertz CT molecular complexity index is 620. The van der Waals surface area contributed by atoms with Crippen LogP contribution in [0.2, 0.25) is 0 Å². The number of allylic oxidation sites excluding steroid dienone is 3. The van der Waals surface area contributed by atoms with Gasteiger partial charge in [0, 0.05) is 12.3 Å². The zero-order chi connectivity index (χ0) is 19.5. The molecule has 140 valence electrons. The lowest BCUT2D eigenvalue weighted by Crippen LogP contribution is -2.46. The molecule has 2 N–H and O–H groups in total. The second-order valence-electron chi connectivity index (χ2n) is 7.80. The molecule has 0 spiro atoms. The number of hydrogen-bond acceptors (Lipinski definition) is 5. The second-order valence-corrected chi connectivity index (χ2v) is 7.80. The van der Waals surface area contributed by atoms with E-state index in [1.54, 1.807) is 19.9 Å². The first kappa shape index (κ1) is 21.3. The van der Waals surface area contributed by atoms with Gasteiger partial charge in [-0.1, -0.05) is 39.3 Å². The first-order valence-electron chi connectivity index (χ1n) is 8.85. The molecule has 25 heavy (non-hydrogen) atoms.